The van der Waals surface area contributed by atoms with Crippen molar-refractivity contribution in [3.8, 4) is 0 Å². The molecule has 0 saturated heterocycles. The Balaban J connectivity index is 2.78. The van der Waals surface area contributed by atoms with E-state index in [1.54, 1.807) is 26.0 Å². The van der Waals surface area contributed by atoms with E-state index in [1.165, 1.54) is 23.5 Å². The van der Waals surface area contributed by atoms with Gasteiger partial charge in [-0.1, -0.05) is 19.9 Å². The van der Waals surface area contributed by atoms with Gasteiger partial charge in [-0.3, -0.25) is 9.59 Å². The molecule has 0 aromatic heterocycles. The van der Waals surface area contributed by atoms with Gasteiger partial charge in [-0.05, 0) is 24.6 Å². The normalized spacial score (nSPS) is 11.3. The summed E-state index contributed by atoms with van der Waals surface area (Å²) in [6.45, 7) is 4.56. The maximum Gasteiger partial charge on any atom is 0.305 e. The molecule has 8 heteroatoms. The topological polar surface area (TPSA) is 92.8 Å². The van der Waals surface area contributed by atoms with E-state index in [0.29, 0.717) is 26.1 Å². The average molecular weight is 356 g/mol. The zero-order valence-electron chi connectivity index (χ0n) is 14.2. The first-order valence-corrected chi connectivity index (χ1v) is 9.26. The predicted molar refractivity (Wildman–Crippen MR) is 90.1 cm³/mol. The smallest absolute Gasteiger partial charge is 0.305 e. The minimum Gasteiger partial charge on any atom is -0.469 e. The molecular formula is C16H24N2O5S. The molecule has 0 saturated carbocycles. The lowest BCUT2D eigenvalue weighted by atomic mass is 10.2. The third-order valence-electron chi connectivity index (χ3n) is 3.51. The third kappa shape index (κ3) is 5.31. The van der Waals surface area contributed by atoms with E-state index >= 15 is 0 Å². The number of hydrogen-bond acceptors (Lipinski definition) is 5. The fraction of sp³-hybridized carbons (Fsp3) is 0.500. The quantitative estimate of drug-likeness (QED) is 0.533. The van der Waals surface area contributed by atoms with Gasteiger partial charge in [0.25, 0.3) is 5.91 Å². The molecule has 1 aromatic carbocycles. The summed E-state index contributed by atoms with van der Waals surface area (Å²) in [6, 6.07) is 5.93. The van der Waals surface area contributed by atoms with Gasteiger partial charge in [0.1, 0.15) is 0 Å². The lowest BCUT2D eigenvalue weighted by Crippen LogP contribution is -2.31. The number of benzene rings is 1. The Bertz CT molecular complexity index is 669. The van der Waals surface area contributed by atoms with Gasteiger partial charge >= 0.3 is 5.97 Å². The third-order valence-corrected chi connectivity index (χ3v) is 5.56. The van der Waals surface area contributed by atoms with Crippen LogP contribution in [0.4, 0.5) is 0 Å². The van der Waals surface area contributed by atoms with Crippen LogP contribution in [-0.2, 0) is 19.6 Å². The molecule has 1 rings (SSSR count). The molecule has 0 radical (unpaired) electrons. The number of hydrogen-bond donors (Lipinski definition) is 1. The van der Waals surface area contributed by atoms with E-state index in [-0.39, 0.29) is 28.8 Å². The monoisotopic (exact) mass is 356 g/mol. The first-order chi connectivity index (χ1) is 11.4. The van der Waals surface area contributed by atoms with Crippen molar-refractivity contribution in [2.45, 2.75) is 31.6 Å². The van der Waals surface area contributed by atoms with Crippen molar-refractivity contribution >= 4 is 21.9 Å². The van der Waals surface area contributed by atoms with Gasteiger partial charge in [-0.25, -0.2) is 8.42 Å². The molecule has 1 aromatic rings. The molecule has 1 N–H and O–H groups in total. The van der Waals surface area contributed by atoms with E-state index in [2.05, 4.69) is 10.1 Å². The molecule has 0 aliphatic carbocycles. The summed E-state index contributed by atoms with van der Waals surface area (Å²) in [7, 11) is -2.30. The van der Waals surface area contributed by atoms with Crippen molar-refractivity contribution in [1.29, 1.82) is 0 Å². The molecular weight excluding hydrogens is 332 g/mol. The van der Waals surface area contributed by atoms with Gasteiger partial charge in [0.15, 0.2) is 0 Å². The molecule has 0 heterocycles. The number of sulfonamides is 1. The van der Waals surface area contributed by atoms with Crippen LogP contribution in [0, 0.1) is 0 Å². The minimum atomic E-state index is -3.60. The second kappa shape index (κ2) is 9.39. The first-order valence-electron chi connectivity index (χ1n) is 7.82. The maximum atomic E-state index is 12.5. The molecule has 0 aliphatic heterocycles. The number of methoxy groups -OCH3 is 1. The highest BCUT2D eigenvalue weighted by atomic mass is 32.2. The highest BCUT2D eigenvalue weighted by Crippen LogP contribution is 2.17. The molecule has 7 nitrogen and oxygen atoms in total. The van der Waals surface area contributed by atoms with Crippen LogP contribution in [0.2, 0.25) is 0 Å². The van der Waals surface area contributed by atoms with Crippen molar-refractivity contribution in [3.05, 3.63) is 29.8 Å². The summed E-state index contributed by atoms with van der Waals surface area (Å²) in [4.78, 5) is 23.2. The Morgan fingerprint density at radius 3 is 2.46 bits per heavy atom. The van der Waals surface area contributed by atoms with E-state index < -0.39 is 10.0 Å². The summed E-state index contributed by atoms with van der Waals surface area (Å²) in [5.41, 5.74) is 0.265. The molecule has 0 atom stereocenters. The van der Waals surface area contributed by atoms with Gasteiger partial charge < -0.3 is 10.1 Å². The zero-order valence-corrected chi connectivity index (χ0v) is 15.1. The second-order valence-electron chi connectivity index (χ2n) is 5.05. The van der Waals surface area contributed by atoms with Crippen LogP contribution in [0.5, 0.6) is 0 Å². The number of carbonyl (C=O) groups excluding carboxylic acids is 2. The molecule has 1 amide bonds. The average Bonchev–Trinajstić information content (AvgIpc) is 2.59. The Morgan fingerprint density at radius 2 is 1.88 bits per heavy atom. The molecule has 0 bridgehead atoms. The van der Waals surface area contributed by atoms with Crippen LogP contribution >= 0.6 is 0 Å². The summed E-state index contributed by atoms with van der Waals surface area (Å²) in [5, 5.41) is 2.66. The van der Waals surface area contributed by atoms with Crippen molar-refractivity contribution in [2.24, 2.45) is 0 Å². The fourth-order valence-electron chi connectivity index (χ4n) is 2.15. The van der Waals surface area contributed by atoms with Crippen molar-refractivity contribution < 1.29 is 22.7 Å². The Morgan fingerprint density at radius 1 is 1.21 bits per heavy atom. The van der Waals surface area contributed by atoms with Gasteiger partial charge in [0.2, 0.25) is 10.0 Å². The lowest BCUT2D eigenvalue weighted by molar-refractivity contribution is -0.140. The molecule has 134 valence electrons. The molecule has 0 spiro atoms. The Labute approximate surface area is 143 Å². The van der Waals surface area contributed by atoms with Crippen LogP contribution in [0.15, 0.2) is 29.2 Å². The molecule has 0 unspecified atom stereocenters. The predicted octanol–water partition coefficient (Wildman–Crippen LogP) is 1.40. The van der Waals surface area contributed by atoms with Crippen molar-refractivity contribution in [3.63, 3.8) is 0 Å². The number of rotatable bonds is 9. The van der Waals surface area contributed by atoms with E-state index in [4.69, 9.17) is 0 Å². The van der Waals surface area contributed by atoms with Gasteiger partial charge in [0.05, 0.1) is 12.0 Å². The van der Waals surface area contributed by atoms with E-state index in [0.717, 1.165) is 0 Å². The number of nitrogens with zero attached hydrogens (tertiary/aromatic N) is 1. The van der Waals surface area contributed by atoms with Crippen LogP contribution < -0.4 is 5.32 Å². The van der Waals surface area contributed by atoms with Crippen LogP contribution in [-0.4, -0.2) is 51.3 Å². The van der Waals surface area contributed by atoms with Gasteiger partial charge in [0, 0.05) is 31.6 Å². The number of carbonyl (C=O) groups is 2. The zero-order chi connectivity index (χ0) is 18.2. The van der Waals surface area contributed by atoms with Crippen molar-refractivity contribution in [1.82, 2.24) is 9.62 Å². The van der Waals surface area contributed by atoms with E-state index in [9.17, 15) is 18.0 Å². The largest absolute Gasteiger partial charge is 0.469 e. The highest BCUT2D eigenvalue weighted by Gasteiger charge is 2.22. The van der Waals surface area contributed by atoms with Crippen LogP contribution in [0.1, 0.15) is 37.0 Å². The minimum absolute atomic E-state index is 0.0911. The van der Waals surface area contributed by atoms with Gasteiger partial charge in [-0.2, -0.15) is 4.31 Å². The Kier molecular flexibility index (Phi) is 7.87. The van der Waals surface area contributed by atoms with E-state index in [1.807, 2.05) is 0 Å². The van der Waals surface area contributed by atoms with Crippen LogP contribution in [0.25, 0.3) is 0 Å². The number of amides is 1. The molecule has 24 heavy (non-hydrogen) atoms. The maximum absolute atomic E-state index is 12.5. The Hall–Kier alpha value is -1.93. The number of ether oxygens (including phenoxy) is 1. The highest BCUT2D eigenvalue weighted by molar-refractivity contribution is 7.89. The second-order valence-corrected chi connectivity index (χ2v) is 6.99. The fourth-order valence-corrected chi connectivity index (χ4v) is 3.65. The summed E-state index contributed by atoms with van der Waals surface area (Å²) in [6.07, 6.45) is 0.670. The summed E-state index contributed by atoms with van der Waals surface area (Å²) >= 11 is 0. The van der Waals surface area contributed by atoms with Crippen molar-refractivity contribution in [2.75, 3.05) is 26.7 Å². The molecule has 0 aliphatic rings. The number of esters is 1. The number of nitrogens with one attached hydrogen (secondary N) is 1. The first kappa shape index (κ1) is 20.1. The van der Waals surface area contributed by atoms with Gasteiger partial charge in [-0.15, -0.1) is 0 Å². The summed E-state index contributed by atoms with van der Waals surface area (Å²) < 4.78 is 30.8. The standard InChI is InChI=1S/C16H24N2O5S/c1-4-18(5-2)24(21,22)14-9-6-8-13(12-14)16(20)17-11-7-10-15(19)23-3/h6,8-9,12H,4-5,7,10-11H2,1-3H3,(H,17,20). The van der Waals surface area contributed by atoms with Crippen LogP contribution in [0.3, 0.4) is 0 Å². The summed E-state index contributed by atoms with van der Waals surface area (Å²) in [5.74, 6) is -0.715. The SMILES string of the molecule is CCN(CC)S(=O)(=O)c1cccc(C(=O)NCCCC(=O)OC)c1. The molecule has 0 fully saturated rings. The lowest BCUT2D eigenvalue weighted by Gasteiger charge is -2.18.